The minimum atomic E-state index is -1.04. The van der Waals surface area contributed by atoms with E-state index in [1.54, 1.807) is 12.1 Å². The van der Waals surface area contributed by atoms with Crippen molar-refractivity contribution in [2.45, 2.75) is 26.9 Å². The van der Waals surface area contributed by atoms with Crippen molar-refractivity contribution >= 4 is 11.6 Å². The van der Waals surface area contributed by atoms with Gasteiger partial charge in [0, 0.05) is 0 Å². The van der Waals surface area contributed by atoms with Gasteiger partial charge in [-0.2, -0.15) is 4.98 Å². The molecule has 31 heavy (non-hydrogen) atoms. The molecule has 0 saturated carbocycles. The van der Waals surface area contributed by atoms with Gasteiger partial charge in [0.1, 0.15) is 11.8 Å². The fourth-order valence-electron chi connectivity index (χ4n) is 3.86. The van der Waals surface area contributed by atoms with Gasteiger partial charge in [0.15, 0.2) is 0 Å². The summed E-state index contributed by atoms with van der Waals surface area (Å²) in [7, 11) is 0. The van der Waals surface area contributed by atoms with Gasteiger partial charge in [-0.1, -0.05) is 48.5 Å². The normalized spacial score (nSPS) is 12.1. The maximum Gasteiger partial charge on any atom is 0.336 e. The third-order valence-electron chi connectivity index (χ3n) is 5.41. The average molecular weight is 416 g/mol. The summed E-state index contributed by atoms with van der Waals surface area (Å²) in [5.74, 6) is -0.518. The number of carbonyl (C=O) groups is 1. The third kappa shape index (κ3) is 3.66. The van der Waals surface area contributed by atoms with Crippen LogP contribution in [-0.2, 0) is 0 Å². The Kier molecular flexibility index (Phi) is 5.48. The summed E-state index contributed by atoms with van der Waals surface area (Å²) in [6, 6.07) is 18.1. The highest BCUT2D eigenvalue weighted by molar-refractivity contribution is 5.96. The van der Waals surface area contributed by atoms with Gasteiger partial charge >= 0.3 is 5.97 Å². The molecular weight excluding hydrogens is 392 g/mol. The van der Waals surface area contributed by atoms with E-state index in [4.69, 9.17) is 4.74 Å². The second-order valence-corrected chi connectivity index (χ2v) is 7.41. The Bertz CT molecular complexity index is 1260. The van der Waals surface area contributed by atoms with Crippen LogP contribution >= 0.6 is 0 Å². The summed E-state index contributed by atoms with van der Waals surface area (Å²) >= 11 is 0. The Hall–Kier alpha value is -3.64. The predicted octanol–water partition coefficient (Wildman–Crippen LogP) is 4.80. The van der Waals surface area contributed by atoms with Gasteiger partial charge in [0.2, 0.25) is 5.88 Å². The van der Waals surface area contributed by atoms with Crippen LogP contribution in [0.1, 0.15) is 45.9 Å². The Morgan fingerprint density at radius 2 is 1.84 bits per heavy atom. The summed E-state index contributed by atoms with van der Waals surface area (Å²) in [5, 5.41) is 21.0. The quantitative estimate of drug-likeness (QED) is 0.472. The lowest BCUT2D eigenvalue weighted by Gasteiger charge is -2.17. The standard InChI is InChI=1S/C25H24N2O4/c1-4-31-24-16(3)27-21(13-10-15(2)23(27)26-24)22(28)18-11-12-19(20(14-18)25(29)30)17-8-6-5-7-9-17/h5-14,22,28H,4H2,1-3H3,(H,29,30). The number of imidazole rings is 1. The minimum absolute atomic E-state index is 0.142. The summed E-state index contributed by atoms with van der Waals surface area (Å²) < 4.78 is 7.51. The van der Waals surface area contributed by atoms with Gasteiger partial charge in [0.25, 0.3) is 0 Å². The molecule has 0 fully saturated rings. The van der Waals surface area contributed by atoms with E-state index in [1.165, 1.54) is 6.07 Å². The minimum Gasteiger partial charge on any atom is -0.478 e. The topological polar surface area (TPSA) is 84.1 Å². The van der Waals surface area contributed by atoms with Crippen LogP contribution in [0.3, 0.4) is 0 Å². The molecule has 0 aliphatic rings. The number of benzene rings is 2. The fraction of sp³-hybridized carbons (Fsp3) is 0.200. The average Bonchev–Trinajstić information content (AvgIpc) is 3.11. The van der Waals surface area contributed by atoms with E-state index in [1.807, 2.05) is 67.6 Å². The highest BCUT2D eigenvalue weighted by Gasteiger charge is 2.22. The lowest BCUT2D eigenvalue weighted by molar-refractivity contribution is 0.0697. The largest absolute Gasteiger partial charge is 0.478 e. The summed E-state index contributed by atoms with van der Waals surface area (Å²) in [5.41, 5.74) is 5.10. The van der Waals surface area contributed by atoms with E-state index in [0.29, 0.717) is 35.0 Å². The number of carboxylic acid groups (broad SMARTS) is 1. The van der Waals surface area contributed by atoms with Crippen molar-refractivity contribution in [1.82, 2.24) is 9.38 Å². The fourth-order valence-corrected chi connectivity index (χ4v) is 3.86. The van der Waals surface area contributed by atoms with Crippen LogP contribution in [0.5, 0.6) is 5.88 Å². The van der Waals surface area contributed by atoms with Crippen molar-refractivity contribution in [2.75, 3.05) is 6.61 Å². The molecule has 0 aliphatic heterocycles. The zero-order chi connectivity index (χ0) is 22.1. The molecule has 2 aromatic heterocycles. The van der Waals surface area contributed by atoms with Crippen LogP contribution in [0, 0.1) is 13.8 Å². The van der Waals surface area contributed by atoms with Crippen LogP contribution in [-0.4, -0.2) is 32.2 Å². The van der Waals surface area contributed by atoms with Crippen molar-refractivity contribution in [2.24, 2.45) is 0 Å². The number of fused-ring (bicyclic) bond motifs is 1. The Morgan fingerprint density at radius 1 is 1.10 bits per heavy atom. The number of nitrogens with zero attached hydrogens (tertiary/aromatic N) is 2. The first-order chi connectivity index (χ1) is 14.9. The molecule has 6 nitrogen and oxygen atoms in total. The molecule has 2 aromatic carbocycles. The van der Waals surface area contributed by atoms with Crippen molar-refractivity contribution < 1.29 is 19.7 Å². The number of ether oxygens (including phenoxy) is 1. The highest BCUT2D eigenvalue weighted by Crippen LogP contribution is 2.32. The molecule has 1 unspecified atom stereocenters. The van der Waals surface area contributed by atoms with Gasteiger partial charge in [-0.05, 0) is 55.2 Å². The molecule has 4 aromatic rings. The zero-order valence-electron chi connectivity index (χ0n) is 17.7. The number of rotatable bonds is 6. The smallest absolute Gasteiger partial charge is 0.336 e. The monoisotopic (exact) mass is 416 g/mol. The van der Waals surface area contributed by atoms with Crippen LogP contribution < -0.4 is 4.74 Å². The van der Waals surface area contributed by atoms with Crippen LogP contribution in [0.2, 0.25) is 0 Å². The maximum absolute atomic E-state index is 12.0. The highest BCUT2D eigenvalue weighted by atomic mass is 16.5. The summed E-state index contributed by atoms with van der Waals surface area (Å²) in [6.45, 7) is 6.23. The van der Waals surface area contributed by atoms with Gasteiger partial charge < -0.3 is 14.9 Å². The predicted molar refractivity (Wildman–Crippen MR) is 119 cm³/mol. The Morgan fingerprint density at radius 3 is 2.52 bits per heavy atom. The third-order valence-corrected chi connectivity index (χ3v) is 5.41. The van der Waals surface area contributed by atoms with E-state index in [-0.39, 0.29) is 5.56 Å². The maximum atomic E-state index is 12.0. The van der Waals surface area contributed by atoms with Crippen LogP contribution in [0.4, 0.5) is 0 Å². The number of aryl methyl sites for hydroxylation is 2. The molecule has 0 saturated heterocycles. The number of hydrogen-bond donors (Lipinski definition) is 2. The van der Waals surface area contributed by atoms with E-state index in [2.05, 4.69) is 4.98 Å². The lowest BCUT2D eigenvalue weighted by atomic mass is 9.95. The van der Waals surface area contributed by atoms with Gasteiger partial charge in [-0.3, -0.25) is 4.40 Å². The molecule has 4 rings (SSSR count). The summed E-state index contributed by atoms with van der Waals surface area (Å²) in [6.07, 6.45) is -1.03. The molecule has 0 amide bonds. The molecule has 0 bridgehead atoms. The van der Waals surface area contributed by atoms with Crippen LogP contribution in [0.15, 0.2) is 60.7 Å². The lowest BCUT2D eigenvalue weighted by Crippen LogP contribution is -2.10. The van der Waals surface area contributed by atoms with E-state index in [0.717, 1.165) is 16.8 Å². The van der Waals surface area contributed by atoms with E-state index in [9.17, 15) is 15.0 Å². The molecule has 0 radical (unpaired) electrons. The SMILES string of the molecule is CCOc1nc2c(C)ccc(C(O)c3ccc(-c4ccccc4)c(C(=O)O)c3)n2c1C. The van der Waals surface area contributed by atoms with Crippen molar-refractivity contribution in [3.8, 4) is 17.0 Å². The molecule has 1 atom stereocenters. The molecule has 6 heteroatoms. The van der Waals surface area contributed by atoms with Crippen molar-refractivity contribution in [3.63, 3.8) is 0 Å². The number of aliphatic hydroxyl groups excluding tert-OH is 1. The second-order valence-electron chi connectivity index (χ2n) is 7.41. The van der Waals surface area contributed by atoms with E-state index >= 15 is 0 Å². The number of aliphatic hydroxyl groups is 1. The molecule has 0 spiro atoms. The van der Waals surface area contributed by atoms with Crippen molar-refractivity contribution in [3.05, 3.63) is 88.7 Å². The molecular formula is C25H24N2O4. The van der Waals surface area contributed by atoms with Crippen molar-refractivity contribution in [1.29, 1.82) is 0 Å². The number of pyridine rings is 1. The number of aromatic carboxylic acids is 1. The van der Waals surface area contributed by atoms with Gasteiger partial charge in [-0.25, -0.2) is 4.79 Å². The van der Waals surface area contributed by atoms with E-state index < -0.39 is 12.1 Å². The Balaban J connectivity index is 1.84. The molecule has 0 aliphatic carbocycles. The first kappa shape index (κ1) is 20.6. The number of carboxylic acids is 1. The first-order valence-electron chi connectivity index (χ1n) is 10.1. The molecule has 2 N–H and O–H groups in total. The number of hydrogen-bond acceptors (Lipinski definition) is 4. The summed E-state index contributed by atoms with van der Waals surface area (Å²) in [4.78, 5) is 16.6. The zero-order valence-corrected chi connectivity index (χ0v) is 17.7. The van der Waals surface area contributed by atoms with Gasteiger partial charge in [0.05, 0.1) is 23.6 Å². The molecule has 2 heterocycles. The Labute approximate surface area is 180 Å². The van der Waals surface area contributed by atoms with Gasteiger partial charge in [-0.15, -0.1) is 0 Å². The van der Waals surface area contributed by atoms with Crippen LogP contribution in [0.25, 0.3) is 16.8 Å². The number of aromatic nitrogens is 2. The second kappa shape index (κ2) is 8.24. The first-order valence-corrected chi connectivity index (χ1v) is 10.1. The molecule has 158 valence electrons.